The third-order valence-corrected chi connectivity index (χ3v) is 7.18. The van der Waals surface area contributed by atoms with Crippen LogP contribution in [0.3, 0.4) is 0 Å². The second-order valence-electron chi connectivity index (χ2n) is 10.8. The molecule has 0 aromatic heterocycles. The average Bonchev–Trinajstić information content (AvgIpc) is 2.81. The standard InChI is InChI=1S/C30H26O5/c1-29(2)14-13-20-22(25(32)16-9-5-7-11-18(16)27(20)34-29)24-23-21(31)15-30(3,4)35-28(23)19-12-8-6-10-17(19)26(24)33/h5-14,20,27H,15H2,1-4H3. The van der Waals surface area contributed by atoms with E-state index in [1.54, 1.807) is 24.3 Å². The highest BCUT2D eigenvalue weighted by Gasteiger charge is 2.49. The van der Waals surface area contributed by atoms with Crippen molar-refractivity contribution in [1.29, 1.82) is 0 Å². The molecule has 2 aromatic carbocycles. The normalized spacial score (nSPS) is 28.1. The Balaban J connectivity index is 1.70. The maximum Gasteiger partial charge on any atom is 0.195 e. The van der Waals surface area contributed by atoms with Crippen LogP contribution >= 0.6 is 0 Å². The van der Waals surface area contributed by atoms with Crippen molar-refractivity contribution in [2.45, 2.75) is 51.4 Å². The largest absolute Gasteiger partial charge is 0.486 e. The van der Waals surface area contributed by atoms with E-state index in [1.807, 2.05) is 64.1 Å². The number of rotatable bonds is 0. The molecule has 2 aliphatic carbocycles. The Hall–Kier alpha value is -3.57. The highest BCUT2D eigenvalue weighted by atomic mass is 16.5. The third-order valence-electron chi connectivity index (χ3n) is 7.18. The minimum Gasteiger partial charge on any atom is -0.486 e. The molecular weight excluding hydrogens is 440 g/mol. The van der Waals surface area contributed by atoms with E-state index >= 15 is 0 Å². The lowest BCUT2D eigenvalue weighted by molar-refractivity contribution is -0.120. The molecule has 0 fully saturated rings. The number of ether oxygens (including phenoxy) is 2. The molecule has 2 aliphatic heterocycles. The quantitative estimate of drug-likeness (QED) is 0.375. The molecule has 2 unspecified atom stereocenters. The average molecular weight is 467 g/mol. The lowest BCUT2D eigenvalue weighted by Crippen LogP contribution is -2.41. The maximum absolute atomic E-state index is 14.0. The Morgan fingerprint density at radius 2 is 1.46 bits per heavy atom. The van der Waals surface area contributed by atoms with Crippen LogP contribution in [0.4, 0.5) is 0 Å². The summed E-state index contributed by atoms with van der Waals surface area (Å²) < 4.78 is 12.8. The summed E-state index contributed by atoms with van der Waals surface area (Å²) in [6.07, 6.45) is 3.55. The predicted molar refractivity (Wildman–Crippen MR) is 131 cm³/mol. The minimum atomic E-state index is -0.719. The molecular formula is C30H26O5. The van der Waals surface area contributed by atoms with Gasteiger partial charge in [0.15, 0.2) is 17.3 Å². The molecule has 0 saturated heterocycles. The van der Waals surface area contributed by atoms with Gasteiger partial charge >= 0.3 is 0 Å². The Morgan fingerprint density at radius 3 is 2.20 bits per heavy atom. The van der Waals surface area contributed by atoms with E-state index < -0.39 is 23.2 Å². The van der Waals surface area contributed by atoms with Crippen LogP contribution in [0, 0.1) is 5.92 Å². The molecule has 2 aromatic rings. The van der Waals surface area contributed by atoms with Crippen LogP contribution in [0.2, 0.25) is 0 Å². The molecule has 0 spiro atoms. The monoisotopic (exact) mass is 466 g/mol. The van der Waals surface area contributed by atoms with E-state index in [0.717, 1.165) is 5.56 Å². The van der Waals surface area contributed by atoms with Gasteiger partial charge in [0.05, 0.1) is 23.7 Å². The first kappa shape index (κ1) is 21.9. The van der Waals surface area contributed by atoms with Crippen LogP contribution < -0.4 is 0 Å². The summed E-state index contributed by atoms with van der Waals surface area (Å²) in [6, 6.07) is 14.5. The first-order valence-corrected chi connectivity index (χ1v) is 11.9. The molecule has 6 rings (SSSR count). The molecule has 0 bridgehead atoms. The fourth-order valence-corrected chi connectivity index (χ4v) is 5.70. The number of hydrogen-bond acceptors (Lipinski definition) is 5. The molecule has 2 atom stereocenters. The minimum absolute atomic E-state index is 0.121. The number of Topliss-reactive ketones (excluding diaryl/α,β-unsaturated/α-hetero) is 3. The SMILES string of the molecule is CC1(C)C=CC2C(=C3C(=O)c4ccccc4C4=C3C(=O)CC(C)(C)O4)C(=O)c3ccccc3C2O1. The second kappa shape index (κ2) is 7.22. The van der Waals surface area contributed by atoms with Gasteiger partial charge in [-0.05, 0) is 33.3 Å². The van der Waals surface area contributed by atoms with E-state index in [0.29, 0.717) is 28.0 Å². The highest BCUT2D eigenvalue weighted by Crippen LogP contribution is 2.51. The Morgan fingerprint density at radius 1 is 0.800 bits per heavy atom. The third kappa shape index (κ3) is 3.22. The highest BCUT2D eigenvalue weighted by molar-refractivity contribution is 6.30. The fourth-order valence-electron chi connectivity index (χ4n) is 5.70. The van der Waals surface area contributed by atoms with Gasteiger partial charge in [0, 0.05) is 33.8 Å². The molecule has 176 valence electrons. The number of carbonyl (C=O) groups is 3. The van der Waals surface area contributed by atoms with Gasteiger partial charge in [0.25, 0.3) is 0 Å². The Bertz CT molecular complexity index is 1430. The van der Waals surface area contributed by atoms with Gasteiger partial charge in [0.2, 0.25) is 0 Å². The lowest BCUT2D eigenvalue weighted by Gasteiger charge is -2.43. The fraction of sp³-hybridized carbons (Fsp3) is 0.300. The van der Waals surface area contributed by atoms with Crippen molar-refractivity contribution >= 4 is 23.1 Å². The van der Waals surface area contributed by atoms with Crippen molar-refractivity contribution in [3.63, 3.8) is 0 Å². The van der Waals surface area contributed by atoms with Crippen molar-refractivity contribution in [3.8, 4) is 0 Å². The number of allylic oxidation sites excluding steroid dienone is 2. The lowest BCUT2D eigenvalue weighted by atomic mass is 9.68. The van der Waals surface area contributed by atoms with E-state index in [4.69, 9.17) is 9.47 Å². The van der Waals surface area contributed by atoms with E-state index in [-0.39, 0.29) is 34.9 Å². The first-order valence-electron chi connectivity index (χ1n) is 11.9. The molecule has 4 aliphatic rings. The van der Waals surface area contributed by atoms with Crippen LogP contribution in [-0.2, 0) is 14.3 Å². The number of carbonyl (C=O) groups excluding carboxylic acids is 3. The summed E-state index contributed by atoms with van der Waals surface area (Å²) >= 11 is 0. The maximum atomic E-state index is 14.0. The molecule has 0 amide bonds. The molecule has 0 radical (unpaired) electrons. The summed E-state index contributed by atoms with van der Waals surface area (Å²) in [4.78, 5) is 41.6. The van der Waals surface area contributed by atoms with Gasteiger partial charge in [-0.2, -0.15) is 0 Å². The topological polar surface area (TPSA) is 69.7 Å². The smallest absolute Gasteiger partial charge is 0.195 e. The molecule has 0 N–H and O–H groups in total. The second-order valence-corrected chi connectivity index (χ2v) is 10.8. The zero-order valence-corrected chi connectivity index (χ0v) is 20.2. The van der Waals surface area contributed by atoms with Gasteiger partial charge in [-0.1, -0.05) is 60.7 Å². The van der Waals surface area contributed by atoms with Gasteiger partial charge in [-0.15, -0.1) is 0 Å². The van der Waals surface area contributed by atoms with Crippen molar-refractivity contribution in [2.75, 3.05) is 0 Å². The van der Waals surface area contributed by atoms with Crippen molar-refractivity contribution < 1.29 is 23.9 Å². The summed E-state index contributed by atoms with van der Waals surface area (Å²) in [6.45, 7) is 7.65. The van der Waals surface area contributed by atoms with Crippen LogP contribution in [0.15, 0.2) is 77.4 Å². The van der Waals surface area contributed by atoms with Gasteiger partial charge in [-0.25, -0.2) is 0 Å². The molecule has 2 heterocycles. The predicted octanol–water partition coefficient (Wildman–Crippen LogP) is 5.58. The molecule has 5 heteroatoms. The Labute approximate surface area is 204 Å². The number of ketones is 3. The molecule has 35 heavy (non-hydrogen) atoms. The molecule has 0 saturated carbocycles. The van der Waals surface area contributed by atoms with E-state index in [9.17, 15) is 14.4 Å². The van der Waals surface area contributed by atoms with Gasteiger partial charge in [0.1, 0.15) is 11.4 Å². The zero-order valence-electron chi connectivity index (χ0n) is 20.2. The van der Waals surface area contributed by atoms with Gasteiger partial charge < -0.3 is 9.47 Å². The first-order chi connectivity index (χ1) is 16.6. The zero-order chi connectivity index (χ0) is 24.7. The van der Waals surface area contributed by atoms with E-state index in [1.165, 1.54) is 0 Å². The summed E-state index contributed by atoms with van der Waals surface area (Å²) in [5.74, 6) is -0.872. The van der Waals surface area contributed by atoms with Crippen molar-refractivity contribution in [3.05, 3.63) is 99.7 Å². The van der Waals surface area contributed by atoms with E-state index in [2.05, 4.69) is 0 Å². The Kier molecular flexibility index (Phi) is 4.52. The summed E-state index contributed by atoms with van der Waals surface area (Å²) in [5, 5.41) is 0. The van der Waals surface area contributed by atoms with Crippen LogP contribution in [0.25, 0.3) is 5.76 Å². The summed E-state index contributed by atoms with van der Waals surface area (Å²) in [5.41, 5.74) is 1.75. The number of benzene rings is 2. The summed E-state index contributed by atoms with van der Waals surface area (Å²) in [7, 11) is 0. The number of hydrogen-bond donors (Lipinski definition) is 0. The van der Waals surface area contributed by atoms with Crippen LogP contribution in [0.5, 0.6) is 0 Å². The molecule has 5 nitrogen and oxygen atoms in total. The van der Waals surface area contributed by atoms with Crippen LogP contribution in [-0.4, -0.2) is 28.6 Å². The van der Waals surface area contributed by atoms with Crippen molar-refractivity contribution in [2.24, 2.45) is 5.92 Å². The van der Waals surface area contributed by atoms with Gasteiger partial charge in [-0.3, -0.25) is 14.4 Å². The van der Waals surface area contributed by atoms with Crippen LogP contribution in [0.1, 0.15) is 72.1 Å². The number of fused-ring (bicyclic) bond motifs is 5. The van der Waals surface area contributed by atoms with Crippen molar-refractivity contribution in [1.82, 2.24) is 0 Å².